The molecule has 1 heterocycles. The molecule has 2 aromatic rings. The molecule has 0 aliphatic rings. The minimum absolute atomic E-state index is 0.0226. The van der Waals surface area contributed by atoms with Gasteiger partial charge in [0.15, 0.2) is 23.8 Å². The predicted molar refractivity (Wildman–Crippen MR) is 83.6 cm³/mol. The number of amides is 2. The number of primary amides is 1. The van der Waals surface area contributed by atoms with Gasteiger partial charge in [-0.05, 0) is 26.0 Å². The molecule has 2 amide bonds. The van der Waals surface area contributed by atoms with Crippen molar-refractivity contribution in [2.45, 2.75) is 13.8 Å². The van der Waals surface area contributed by atoms with Gasteiger partial charge in [-0.2, -0.15) is 5.10 Å². The first-order valence-corrected chi connectivity index (χ1v) is 7.02. The van der Waals surface area contributed by atoms with Gasteiger partial charge in [0.25, 0.3) is 11.8 Å². The summed E-state index contributed by atoms with van der Waals surface area (Å²) in [4.78, 5) is 23.3. The number of aromatic nitrogens is 2. The lowest BCUT2D eigenvalue weighted by Crippen LogP contribution is -2.23. The van der Waals surface area contributed by atoms with E-state index >= 15 is 0 Å². The Morgan fingerprint density at radius 1 is 1.26 bits per heavy atom. The number of benzene rings is 1. The maximum absolute atomic E-state index is 12.0. The van der Waals surface area contributed by atoms with Gasteiger partial charge < -0.3 is 20.5 Å². The van der Waals surface area contributed by atoms with Crippen molar-refractivity contribution < 1.29 is 19.1 Å². The lowest BCUT2D eigenvalue weighted by molar-refractivity contribution is -0.118. The molecule has 1 aromatic heterocycles. The predicted octanol–water partition coefficient (Wildman–Crippen LogP) is 1.23. The Balaban J connectivity index is 2.01. The van der Waals surface area contributed by atoms with Crippen LogP contribution in [-0.2, 0) is 4.79 Å². The Labute approximate surface area is 133 Å². The molecule has 23 heavy (non-hydrogen) atoms. The summed E-state index contributed by atoms with van der Waals surface area (Å²) in [5.74, 6) is -0.154. The van der Waals surface area contributed by atoms with Crippen molar-refractivity contribution in [2.75, 3.05) is 18.5 Å². The van der Waals surface area contributed by atoms with Crippen molar-refractivity contribution in [3.63, 3.8) is 0 Å². The number of ether oxygens (including phenoxy) is 2. The van der Waals surface area contributed by atoms with E-state index in [1.807, 2.05) is 13.0 Å². The van der Waals surface area contributed by atoms with Gasteiger partial charge in [-0.25, -0.2) is 0 Å². The number of aryl methyl sites for hydroxylation is 1. The van der Waals surface area contributed by atoms with Crippen LogP contribution in [0.5, 0.6) is 11.5 Å². The Kier molecular flexibility index (Phi) is 5.19. The molecule has 0 atom stereocenters. The van der Waals surface area contributed by atoms with E-state index in [-0.39, 0.29) is 18.0 Å². The molecule has 8 heteroatoms. The lowest BCUT2D eigenvalue weighted by Gasteiger charge is -2.11. The van der Waals surface area contributed by atoms with Crippen LogP contribution in [0.25, 0.3) is 0 Å². The fraction of sp³-hybridized carbons (Fsp3) is 0.267. The van der Waals surface area contributed by atoms with E-state index in [0.717, 1.165) is 0 Å². The zero-order valence-corrected chi connectivity index (χ0v) is 12.9. The molecule has 0 unspecified atom stereocenters. The van der Waals surface area contributed by atoms with E-state index in [4.69, 9.17) is 15.2 Å². The largest absolute Gasteiger partial charge is 0.490 e. The molecule has 0 saturated heterocycles. The Bertz CT molecular complexity index is 711. The molecule has 8 nitrogen and oxygen atoms in total. The molecule has 0 bridgehead atoms. The minimum atomic E-state index is -0.729. The highest BCUT2D eigenvalue weighted by Crippen LogP contribution is 2.26. The van der Waals surface area contributed by atoms with Crippen LogP contribution in [0.4, 0.5) is 5.69 Å². The van der Waals surface area contributed by atoms with Crippen molar-refractivity contribution in [3.8, 4) is 11.5 Å². The number of nitrogens with zero attached hydrogens (tertiary/aromatic N) is 1. The van der Waals surface area contributed by atoms with E-state index in [0.29, 0.717) is 23.8 Å². The van der Waals surface area contributed by atoms with Crippen molar-refractivity contribution in [1.29, 1.82) is 0 Å². The second-order valence-electron chi connectivity index (χ2n) is 4.65. The number of aromatic amines is 1. The van der Waals surface area contributed by atoms with Gasteiger partial charge in [0, 0.05) is 0 Å². The summed E-state index contributed by atoms with van der Waals surface area (Å²) in [7, 11) is 0. The van der Waals surface area contributed by atoms with Gasteiger partial charge in [-0.1, -0.05) is 12.1 Å². The molecule has 4 N–H and O–H groups in total. The van der Waals surface area contributed by atoms with Crippen LogP contribution >= 0.6 is 0 Å². The van der Waals surface area contributed by atoms with Gasteiger partial charge in [-0.3, -0.25) is 14.7 Å². The molecule has 0 aliphatic heterocycles. The molecule has 0 radical (unpaired) electrons. The number of H-pyrrole nitrogens is 1. The number of rotatable bonds is 7. The average Bonchev–Trinajstić information content (AvgIpc) is 2.88. The van der Waals surface area contributed by atoms with Crippen LogP contribution in [0.2, 0.25) is 0 Å². The summed E-state index contributed by atoms with van der Waals surface area (Å²) in [6.07, 6.45) is 0. The minimum Gasteiger partial charge on any atom is -0.490 e. The van der Waals surface area contributed by atoms with E-state index in [1.165, 1.54) is 0 Å². The second kappa shape index (κ2) is 7.30. The van der Waals surface area contributed by atoms with Crippen molar-refractivity contribution in [2.24, 2.45) is 5.73 Å². The van der Waals surface area contributed by atoms with E-state index in [2.05, 4.69) is 15.5 Å². The molecular weight excluding hydrogens is 300 g/mol. The Morgan fingerprint density at radius 2 is 1.91 bits per heavy atom. The Morgan fingerprint density at radius 3 is 2.52 bits per heavy atom. The molecular formula is C15H18N4O4. The van der Waals surface area contributed by atoms with Crippen molar-refractivity contribution in [1.82, 2.24) is 10.2 Å². The number of hydrogen-bond donors (Lipinski definition) is 3. The number of nitrogens with two attached hydrogens (primary N) is 1. The van der Waals surface area contributed by atoms with Crippen LogP contribution in [-0.4, -0.2) is 35.2 Å². The SMILES string of the molecule is CCOc1ccccc1OCC(=O)Nc1c(C(N)=O)n[nH]c1C. The monoisotopic (exact) mass is 318 g/mol. The first-order valence-electron chi connectivity index (χ1n) is 7.02. The zero-order chi connectivity index (χ0) is 16.8. The van der Waals surface area contributed by atoms with Crippen LogP contribution in [0.3, 0.4) is 0 Å². The molecule has 0 spiro atoms. The van der Waals surface area contributed by atoms with E-state index in [1.54, 1.807) is 25.1 Å². The number of carbonyl (C=O) groups is 2. The summed E-state index contributed by atoms with van der Waals surface area (Å²) in [5, 5.41) is 8.91. The topological polar surface area (TPSA) is 119 Å². The average molecular weight is 318 g/mol. The maximum Gasteiger partial charge on any atom is 0.271 e. The normalized spacial score (nSPS) is 10.2. The van der Waals surface area contributed by atoms with Crippen LogP contribution in [0, 0.1) is 6.92 Å². The number of carbonyl (C=O) groups excluding carboxylic acids is 2. The van der Waals surface area contributed by atoms with E-state index in [9.17, 15) is 9.59 Å². The van der Waals surface area contributed by atoms with Gasteiger partial charge in [0.05, 0.1) is 18.0 Å². The zero-order valence-electron chi connectivity index (χ0n) is 12.9. The fourth-order valence-electron chi connectivity index (χ4n) is 1.92. The van der Waals surface area contributed by atoms with Gasteiger partial charge in [-0.15, -0.1) is 0 Å². The quantitative estimate of drug-likeness (QED) is 0.709. The third-order valence-corrected chi connectivity index (χ3v) is 2.95. The standard InChI is InChI=1S/C15H18N4O4/c1-3-22-10-6-4-5-7-11(10)23-8-12(20)17-13-9(2)18-19-14(13)15(16)21/h4-7H,3,8H2,1-2H3,(H2,16,21)(H,17,20)(H,18,19). The summed E-state index contributed by atoms with van der Waals surface area (Å²) in [6.45, 7) is 3.77. The summed E-state index contributed by atoms with van der Waals surface area (Å²) in [5.41, 5.74) is 5.96. The van der Waals surface area contributed by atoms with Gasteiger partial charge >= 0.3 is 0 Å². The fourth-order valence-corrected chi connectivity index (χ4v) is 1.92. The second-order valence-corrected chi connectivity index (χ2v) is 4.65. The van der Waals surface area contributed by atoms with Crippen LogP contribution in [0.15, 0.2) is 24.3 Å². The van der Waals surface area contributed by atoms with Crippen molar-refractivity contribution >= 4 is 17.5 Å². The summed E-state index contributed by atoms with van der Waals surface area (Å²) < 4.78 is 10.9. The van der Waals surface area contributed by atoms with Gasteiger partial charge in [0.1, 0.15) is 0 Å². The molecule has 122 valence electrons. The molecule has 0 fully saturated rings. The molecule has 0 saturated carbocycles. The molecule has 0 aliphatic carbocycles. The highest BCUT2D eigenvalue weighted by atomic mass is 16.5. The van der Waals surface area contributed by atoms with Crippen LogP contribution < -0.4 is 20.5 Å². The van der Waals surface area contributed by atoms with Crippen molar-refractivity contribution in [3.05, 3.63) is 35.7 Å². The number of nitrogens with one attached hydrogen (secondary N) is 2. The third-order valence-electron chi connectivity index (χ3n) is 2.95. The first kappa shape index (κ1) is 16.3. The van der Waals surface area contributed by atoms with Gasteiger partial charge in [0.2, 0.25) is 0 Å². The van der Waals surface area contributed by atoms with E-state index < -0.39 is 11.8 Å². The molecule has 2 rings (SSSR count). The first-order chi connectivity index (χ1) is 11.0. The Hall–Kier alpha value is -3.03. The summed E-state index contributed by atoms with van der Waals surface area (Å²) in [6, 6.07) is 7.05. The highest BCUT2D eigenvalue weighted by Gasteiger charge is 2.17. The number of hydrogen-bond acceptors (Lipinski definition) is 5. The molecule has 1 aromatic carbocycles. The maximum atomic E-state index is 12.0. The highest BCUT2D eigenvalue weighted by molar-refractivity contribution is 6.02. The lowest BCUT2D eigenvalue weighted by atomic mass is 10.3. The number of anilines is 1. The van der Waals surface area contributed by atoms with Crippen LogP contribution in [0.1, 0.15) is 23.1 Å². The third kappa shape index (κ3) is 4.00. The summed E-state index contributed by atoms with van der Waals surface area (Å²) >= 11 is 0. The number of para-hydroxylation sites is 2. The smallest absolute Gasteiger partial charge is 0.271 e.